The van der Waals surface area contributed by atoms with E-state index in [9.17, 15) is 22.8 Å². The van der Waals surface area contributed by atoms with E-state index in [2.05, 4.69) is 11.8 Å². The summed E-state index contributed by atoms with van der Waals surface area (Å²) in [5, 5.41) is 9.20. The fourth-order valence-corrected chi connectivity index (χ4v) is 3.78. The predicted octanol–water partition coefficient (Wildman–Crippen LogP) is 7.06. The van der Waals surface area contributed by atoms with Gasteiger partial charge in [-0.25, -0.2) is 22.4 Å². The van der Waals surface area contributed by atoms with E-state index >= 15 is 0 Å². The van der Waals surface area contributed by atoms with Gasteiger partial charge in [-0.2, -0.15) is 0 Å². The Morgan fingerprint density at radius 1 is 0.893 bits per heavy atom. The standard InChI is InChI=1S/C21H22F4O2.CH4/c1-11-3-5-13(6-4-11)14-7-18(24)20(19(25)8-14)21(27-26)15-9-16(22)12(2)17(23)10-15;/h7-11,13,21,26H,3-6H2,1-2H3;1H4. The summed E-state index contributed by atoms with van der Waals surface area (Å²) < 4.78 is 57.1. The molecule has 2 nitrogen and oxygen atoms in total. The molecule has 2 aromatic rings. The minimum Gasteiger partial charge on any atom is -0.251 e. The van der Waals surface area contributed by atoms with E-state index in [1.807, 2.05) is 0 Å². The molecule has 28 heavy (non-hydrogen) atoms. The van der Waals surface area contributed by atoms with Crippen molar-refractivity contribution >= 4 is 0 Å². The summed E-state index contributed by atoms with van der Waals surface area (Å²) in [4.78, 5) is 4.22. The smallest absolute Gasteiger partial charge is 0.149 e. The molecule has 0 heterocycles. The Kier molecular flexibility index (Phi) is 7.23. The van der Waals surface area contributed by atoms with Gasteiger partial charge in [0.1, 0.15) is 29.4 Å². The lowest BCUT2D eigenvalue weighted by Gasteiger charge is -2.27. The van der Waals surface area contributed by atoms with Gasteiger partial charge in [0, 0.05) is 5.56 Å². The predicted molar refractivity (Wildman–Crippen MR) is 100 cm³/mol. The zero-order valence-corrected chi connectivity index (χ0v) is 15.2. The normalized spacial score (nSPS) is 20.5. The van der Waals surface area contributed by atoms with Crippen LogP contribution in [-0.2, 0) is 4.89 Å². The maximum absolute atomic E-state index is 14.7. The Bertz CT molecular complexity index is 783. The van der Waals surface area contributed by atoms with E-state index in [0.717, 1.165) is 37.8 Å². The summed E-state index contributed by atoms with van der Waals surface area (Å²) in [6.45, 7) is 3.40. The van der Waals surface area contributed by atoms with Gasteiger partial charge in [-0.1, -0.05) is 27.2 Å². The second-order valence-corrected chi connectivity index (χ2v) is 7.45. The van der Waals surface area contributed by atoms with Gasteiger partial charge in [-0.05, 0) is 67.0 Å². The van der Waals surface area contributed by atoms with Crippen molar-refractivity contribution in [1.82, 2.24) is 0 Å². The highest BCUT2D eigenvalue weighted by Crippen LogP contribution is 2.38. The minimum atomic E-state index is -1.67. The van der Waals surface area contributed by atoms with E-state index in [1.54, 1.807) is 0 Å². The number of hydrogen-bond acceptors (Lipinski definition) is 2. The van der Waals surface area contributed by atoms with Crippen LogP contribution in [0, 0.1) is 36.1 Å². The molecule has 2 aromatic carbocycles. The van der Waals surface area contributed by atoms with Crippen LogP contribution in [0.5, 0.6) is 0 Å². The zero-order valence-electron chi connectivity index (χ0n) is 15.2. The van der Waals surface area contributed by atoms with E-state index < -0.39 is 34.9 Å². The first kappa shape index (κ1) is 22.4. The van der Waals surface area contributed by atoms with Gasteiger partial charge in [0.2, 0.25) is 0 Å². The van der Waals surface area contributed by atoms with Crippen molar-refractivity contribution in [2.75, 3.05) is 0 Å². The summed E-state index contributed by atoms with van der Waals surface area (Å²) in [5.41, 5.74) is -0.458. The Morgan fingerprint density at radius 3 is 1.86 bits per heavy atom. The summed E-state index contributed by atoms with van der Waals surface area (Å²) in [7, 11) is 0. The molecule has 0 aliphatic heterocycles. The molecule has 1 N–H and O–H groups in total. The third-order valence-corrected chi connectivity index (χ3v) is 5.56. The van der Waals surface area contributed by atoms with E-state index in [0.29, 0.717) is 11.5 Å². The molecule has 0 aromatic heterocycles. The molecule has 1 atom stereocenters. The van der Waals surface area contributed by atoms with Gasteiger partial charge in [0.25, 0.3) is 0 Å². The third-order valence-electron chi connectivity index (χ3n) is 5.56. The second kappa shape index (κ2) is 9.05. The highest BCUT2D eigenvalue weighted by Gasteiger charge is 2.28. The summed E-state index contributed by atoms with van der Waals surface area (Å²) >= 11 is 0. The molecule has 0 bridgehead atoms. The first-order valence-corrected chi connectivity index (χ1v) is 9.06. The highest BCUT2D eigenvalue weighted by molar-refractivity contribution is 5.37. The van der Waals surface area contributed by atoms with Crippen LogP contribution in [0.2, 0.25) is 0 Å². The Labute approximate surface area is 163 Å². The maximum atomic E-state index is 14.7. The highest BCUT2D eigenvalue weighted by atomic mass is 19.1. The molecule has 0 radical (unpaired) electrons. The molecule has 1 saturated carbocycles. The van der Waals surface area contributed by atoms with Gasteiger partial charge < -0.3 is 0 Å². The van der Waals surface area contributed by atoms with Crippen molar-refractivity contribution in [3.63, 3.8) is 0 Å². The van der Waals surface area contributed by atoms with Crippen molar-refractivity contribution in [2.45, 2.75) is 59.0 Å². The Morgan fingerprint density at radius 2 is 1.39 bits per heavy atom. The third kappa shape index (κ3) is 4.39. The average molecular weight is 398 g/mol. The molecule has 1 fully saturated rings. The van der Waals surface area contributed by atoms with E-state index in [4.69, 9.17) is 0 Å². The lowest BCUT2D eigenvalue weighted by atomic mass is 9.79. The molecule has 154 valence electrons. The van der Waals surface area contributed by atoms with Crippen LogP contribution in [0.3, 0.4) is 0 Å². The van der Waals surface area contributed by atoms with Crippen LogP contribution in [0.25, 0.3) is 0 Å². The van der Waals surface area contributed by atoms with Gasteiger partial charge in [-0.15, -0.1) is 0 Å². The van der Waals surface area contributed by atoms with Crippen molar-refractivity contribution in [3.8, 4) is 0 Å². The van der Waals surface area contributed by atoms with Crippen LogP contribution in [0.1, 0.15) is 74.3 Å². The molecule has 3 rings (SSSR count). The van der Waals surface area contributed by atoms with Crippen LogP contribution < -0.4 is 0 Å². The van der Waals surface area contributed by atoms with E-state index in [-0.39, 0.29) is 24.5 Å². The number of rotatable bonds is 4. The fraction of sp³-hybridized carbons (Fsp3) is 0.455. The van der Waals surface area contributed by atoms with Gasteiger partial charge in [0.05, 0.1) is 5.56 Å². The molecule has 0 saturated heterocycles. The average Bonchev–Trinajstić information content (AvgIpc) is 2.62. The van der Waals surface area contributed by atoms with E-state index in [1.165, 1.54) is 19.1 Å². The van der Waals surface area contributed by atoms with Crippen LogP contribution in [0.4, 0.5) is 17.6 Å². The van der Waals surface area contributed by atoms with Crippen molar-refractivity contribution in [3.05, 3.63) is 69.8 Å². The minimum absolute atomic E-state index is 0. The van der Waals surface area contributed by atoms with Gasteiger partial charge >= 0.3 is 0 Å². The monoisotopic (exact) mass is 398 g/mol. The van der Waals surface area contributed by atoms with Crippen LogP contribution in [-0.4, -0.2) is 5.26 Å². The zero-order chi connectivity index (χ0) is 19.7. The van der Waals surface area contributed by atoms with Crippen molar-refractivity contribution in [1.29, 1.82) is 0 Å². The lowest BCUT2D eigenvalue weighted by molar-refractivity contribution is -0.271. The molecule has 1 aliphatic rings. The second-order valence-electron chi connectivity index (χ2n) is 7.45. The summed E-state index contributed by atoms with van der Waals surface area (Å²) in [5.74, 6) is -2.93. The Balaban J connectivity index is 0.00000280. The number of halogens is 4. The summed E-state index contributed by atoms with van der Waals surface area (Å²) in [6, 6.07) is 4.25. The van der Waals surface area contributed by atoms with Gasteiger partial charge in [0.15, 0.2) is 0 Å². The van der Waals surface area contributed by atoms with Gasteiger partial charge in [-0.3, -0.25) is 5.26 Å². The maximum Gasteiger partial charge on any atom is 0.149 e. The molecule has 0 amide bonds. The number of hydrogen-bond donors (Lipinski definition) is 1. The summed E-state index contributed by atoms with van der Waals surface area (Å²) in [6.07, 6.45) is 2.04. The van der Waals surface area contributed by atoms with Crippen molar-refractivity contribution < 1.29 is 27.7 Å². The molecule has 0 spiro atoms. The van der Waals surface area contributed by atoms with Crippen LogP contribution in [0.15, 0.2) is 24.3 Å². The molecule has 1 unspecified atom stereocenters. The largest absolute Gasteiger partial charge is 0.251 e. The van der Waals surface area contributed by atoms with Crippen molar-refractivity contribution in [2.24, 2.45) is 5.92 Å². The van der Waals surface area contributed by atoms with Crippen LogP contribution >= 0.6 is 0 Å². The quantitative estimate of drug-likeness (QED) is 0.339. The first-order valence-electron chi connectivity index (χ1n) is 9.06. The Hall–Kier alpha value is -1.92. The SMILES string of the molecule is C.Cc1c(F)cc(C(OO)c2c(F)cc(C3CCC(C)CC3)cc2F)cc1F. The molecular formula is C22H26F4O2. The lowest BCUT2D eigenvalue weighted by Crippen LogP contribution is -2.14. The molecular weight excluding hydrogens is 372 g/mol. The number of benzene rings is 2. The first-order chi connectivity index (χ1) is 12.8. The molecule has 1 aliphatic carbocycles. The molecule has 6 heteroatoms. The fourth-order valence-electron chi connectivity index (χ4n) is 3.78. The topological polar surface area (TPSA) is 29.5 Å².